The van der Waals surface area contributed by atoms with Crippen LogP contribution in [0.2, 0.25) is 0 Å². The van der Waals surface area contributed by atoms with Gasteiger partial charge in [-0.2, -0.15) is 5.26 Å². The molecular weight excluding hydrogens is 404 g/mol. The van der Waals surface area contributed by atoms with Crippen molar-refractivity contribution in [2.75, 3.05) is 11.5 Å². The van der Waals surface area contributed by atoms with E-state index >= 15 is 0 Å². The van der Waals surface area contributed by atoms with E-state index in [1.165, 1.54) is 11.3 Å². The number of aromatic nitrogens is 1. The molecule has 0 bridgehead atoms. The van der Waals surface area contributed by atoms with E-state index in [0.717, 1.165) is 16.3 Å². The van der Waals surface area contributed by atoms with Crippen molar-refractivity contribution >= 4 is 49.6 Å². The zero-order chi connectivity index (χ0) is 21.5. The molecule has 0 saturated heterocycles. The van der Waals surface area contributed by atoms with Gasteiger partial charge in [-0.25, -0.2) is 4.98 Å². The van der Waals surface area contributed by atoms with E-state index in [9.17, 15) is 10.1 Å². The van der Waals surface area contributed by atoms with Crippen LogP contribution in [0.25, 0.3) is 32.1 Å². The fourth-order valence-corrected chi connectivity index (χ4v) is 4.88. The summed E-state index contributed by atoms with van der Waals surface area (Å²) >= 11 is 1.20. The Morgan fingerprint density at radius 1 is 0.935 bits per heavy atom. The number of hydrogen-bond donors (Lipinski definition) is 2. The molecule has 2 aromatic heterocycles. The molecule has 0 unspecified atom stereocenters. The van der Waals surface area contributed by atoms with Gasteiger partial charge in [-0.3, -0.25) is 4.79 Å². The monoisotopic (exact) mass is 420 g/mol. The molecule has 0 fully saturated rings. The topological polar surface area (TPSA) is 106 Å². The number of pyridine rings is 1. The van der Waals surface area contributed by atoms with Gasteiger partial charge in [0, 0.05) is 16.5 Å². The number of nitriles is 1. The van der Waals surface area contributed by atoms with E-state index in [1.807, 2.05) is 66.7 Å². The number of ketones is 1. The molecule has 0 aliphatic heterocycles. The third-order valence-electron chi connectivity index (χ3n) is 5.30. The number of fused-ring (bicyclic) bond motifs is 2. The minimum Gasteiger partial charge on any atom is -0.397 e. The number of anilines is 2. The van der Waals surface area contributed by atoms with Crippen LogP contribution in [-0.4, -0.2) is 10.8 Å². The first-order valence-corrected chi connectivity index (χ1v) is 10.4. The second-order valence-electron chi connectivity index (χ2n) is 7.14. The van der Waals surface area contributed by atoms with Gasteiger partial charge in [-0.05, 0) is 22.4 Å². The second kappa shape index (κ2) is 7.24. The molecule has 5 aromatic rings. The number of nitrogen functional groups attached to an aromatic ring is 2. The van der Waals surface area contributed by atoms with Gasteiger partial charge in [-0.15, -0.1) is 11.3 Å². The number of nitrogens with zero attached hydrogens (tertiary/aromatic N) is 2. The van der Waals surface area contributed by atoms with Gasteiger partial charge in [-0.1, -0.05) is 66.7 Å². The summed E-state index contributed by atoms with van der Waals surface area (Å²) in [6.07, 6.45) is 0. The number of hydrogen-bond acceptors (Lipinski definition) is 6. The van der Waals surface area contributed by atoms with Crippen LogP contribution in [0.1, 0.15) is 20.8 Å². The summed E-state index contributed by atoms with van der Waals surface area (Å²) in [5, 5.41) is 12.4. The summed E-state index contributed by atoms with van der Waals surface area (Å²) in [6, 6.07) is 25.0. The van der Waals surface area contributed by atoms with Gasteiger partial charge in [0.1, 0.15) is 27.2 Å². The lowest BCUT2D eigenvalue weighted by Gasteiger charge is -2.09. The summed E-state index contributed by atoms with van der Waals surface area (Å²) in [4.78, 5) is 18.7. The van der Waals surface area contributed by atoms with Crippen LogP contribution < -0.4 is 11.5 Å². The molecule has 0 radical (unpaired) electrons. The molecule has 148 valence electrons. The van der Waals surface area contributed by atoms with Crippen LogP contribution in [0.15, 0.2) is 72.8 Å². The van der Waals surface area contributed by atoms with Crippen molar-refractivity contribution in [3.8, 4) is 17.2 Å². The Balaban J connectivity index is 1.75. The standard InChI is InChI=1S/C25H16N4OS/c26-13-18-19(15-7-2-1-3-8-15)20-21(27)23(31-25(20)29-24(18)28)22(30)17-11-10-14-6-4-5-9-16(14)12-17/h1-12H,27H2,(H2,28,29). The van der Waals surface area contributed by atoms with Crippen molar-refractivity contribution in [2.45, 2.75) is 0 Å². The van der Waals surface area contributed by atoms with Crippen LogP contribution >= 0.6 is 11.3 Å². The lowest BCUT2D eigenvalue weighted by molar-refractivity contribution is 0.104. The Morgan fingerprint density at radius 2 is 1.65 bits per heavy atom. The molecule has 0 saturated carbocycles. The molecule has 3 aromatic carbocycles. The Morgan fingerprint density at radius 3 is 2.39 bits per heavy atom. The number of rotatable bonds is 3. The third kappa shape index (κ3) is 3.00. The maximum Gasteiger partial charge on any atom is 0.205 e. The van der Waals surface area contributed by atoms with E-state index in [1.54, 1.807) is 6.07 Å². The van der Waals surface area contributed by atoms with Gasteiger partial charge in [0.15, 0.2) is 0 Å². The lowest BCUT2D eigenvalue weighted by atomic mass is 9.96. The minimum absolute atomic E-state index is 0.125. The van der Waals surface area contributed by atoms with Crippen LogP contribution in [0, 0.1) is 11.3 Å². The van der Waals surface area contributed by atoms with Gasteiger partial charge in [0.25, 0.3) is 0 Å². The zero-order valence-electron chi connectivity index (χ0n) is 16.3. The normalized spacial score (nSPS) is 10.9. The molecule has 5 nitrogen and oxygen atoms in total. The van der Waals surface area contributed by atoms with Crippen LogP contribution in [0.3, 0.4) is 0 Å². The SMILES string of the molecule is N#Cc1c(N)nc2sc(C(=O)c3ccc4ccccc4c3)c(N)c2c1-c1ccccc1. The van der Waals surface area contributed by atoms with Crippen LogP contribution in [0.5, 0.6) is 0 Å². The molecule has 0 aliphatic carbocycles. The molecule has 31 heavy (non-hydrogen) atoms. The van der Waals surface area contributed by atoms with E-state index in [0.29, 0.717) is 31.9 Å². The average Bonchev–Trinajstić information content (AvgIpc) is 3.13. The Hall–Kier alpha value is -4.21. The Labute approximate surface area is 182 Å². The first-order chi connectivity index (χ1) is 15.1. The minimum atomic E-state index is -0.178. The highest BCUT2D eigenvalue weighted by Gasteiger charge is 2.24. The summed E-state index contributed by atoms with van der Waals surface area (Å²) in [5.41, 5.74) is 15.1. The molecule has 0 aliphatic rings. The summed E-state index contributed by atoms with van der Waals surface area (Å²) in [6.45, 7) is 0. The summed E-state index contributed by atoms with van der Waals surface area (Å²) in [7, 11) is 0. The van der Waals surface area contributed by atoms with E-state index in [2.05, 4.69) is 11.1 Å². The molecule has 0 atom stereocenters. The maximum absolute atomic E-state index is 13.4. The van der Waals surface area contributed by atoms with E-state index in [4.69, 9.17) is 11.5 Å². The number of thiophene rings is 1. The Kier molecular flexibility index (Phi) is 4.39. The predicted octanol–water partition coefficient (Wildman–Crippen LogP) is 5.38. The molecule has 0 amide bonds. The first kappa shape index (κ1) is 18.8. The van der Waals surface area contributed by atoms with Gasteiger partial charge < -0.3 is 11.5 Å². The first-order valence-electron chi connectivity index (χ1n) is 9.59. The maximum atomic E-state index is 13.4. The van der Waals surface area contributed by atoms with Crippen molar-refractivity contribution in [3.05, 3.63) is 88.8 Å². The zero-order valence-corrected chi connectivity index (χ0v) is 17.1. The molecular formula is C25H16N4OS. The van der Waals surface area contributed by atoms with Crippen molar-refractivity contribution in [3.63, 3.8) is 0 Å². The molecule has 5 rings (SSSR count). The average molecular weight is 420 g/mol. The number of benzene rings is 3. The second-order valence-corrected chi connectivity index (χ2v) is 8.14. The third-order valence-corrected chi connectivity index (χ3v) is 6.40. The largest absolute Gasteiger partial charge is 0.397 e. The van der Waals surface area contributed by atoms with Crippen LogP contribution in [0.4, 0.5) is 11.5 Å². The van der Waals surface area contributed by atoms with Crippen molar-refractivity contribution < 1.29 is 4.79 Å². The molecule has 6 heteroatoms. The van der Waals surface area contributed by atoms with Crippen molar-refractivity contribution in [2.24, 2.45) is 0 Å². The van der Waals surface area contributed by atoms with Gasteiger partial charge >= 0.3 is 0 Å². The van der Waals surface area contributed by atoms with E-state index < -0.39 is 0 Å². The van der Waals surface area contributed by atoms with Crippen LogP contribution in [-0.2, 0) is 0 Å². The smallest absolute Gasteiger partial charge is 0.205 e. The summed E-state index contributed by atoms with van der Waals surface area (Å²) < 4.78 is 0. The molecule has 4 N–H and O–H groups in total. The highest BCUT2D eigenvalue weighted by atomic mass is 32.1. The number of nitrogens with two attached hydrogens (primary N) is 2. The highest BCUT2D eigenvalue weighted by Crippen LogP contribution is 2.43. The lowest BCUT2D eigenvalue weighted by Crippen LogP contribution is -2.03. The quantitative estimate of drug-likeness (QED) is 0.381. The van der Waals surface area contributed by atoms with Crippen molar-refractivity contribution in [1.82, 2.24) is 4.98 Å². The molecule has 0 spiro atoms. The highest BCUT2D eigenvalue weighted by molar-refractivity contribution is 7.21. The summed E-state index contributed by atoms with van der Waals surface area (Å²) in [5.74, 6) is -0.0536. The van der Waals surface area contributed by atoms with Crippen molar-refractivity contribution in [1.29, 1.82) is 5.26 Å². The predicted molar refractivity (Wildman–Crippen MR) is 126 cm³/mol. The number of carbonyl (C=O) groups is 1. The fourth-order valence-electron chi connectivity index (χ4n) is 3.81. The van der Waals surface area contributed by atoms with E-state index in [-0.39, 0.29) is 17.2 Å². The number of carbonyl (C=O) groups excluding carboxylic acids is 1. The molecule has 2 heterocycles. The van der Waals surface area contributed by atoms with Gasteiger partial charge in [0.2, 0.25) is 5.78 Å². The Bertz CT molecular complexity index is 1530. The fraction of sp³-hybridized carbons (Fsp3) is 0. The van der Waals surface area contributed by atoms with Gasteiger partial charge in [0.05, 0.1) is 5.69 Å².